The van der Waals surface area contributed by atoms with E-state index in [0.29, 0.717) is 23.6 Å². The van der Waals surface area contributed by atoms with Gasteiger partial charge >= 0.3 is 0 Å². The van der Waals surface area contributed by atoms with Crippen molar-refractivity contribution >= 4 is 11.6 Å². The monoisotopic (exact) mass is 445 g/mol. The standard InChI is InChI=1S/C22H25F2N5O3/c1-31-16-5-3-15(4-6-16)18-13-19(20(23)24)29-21(27-18)17(14-26-29)22(30)25-7-2-8-28-9-11-32-12-10-28/h3-6,13-14,20H,2,7-12H2,1H3,(H,25,30). The number of halogens is 2. The SMILES string of the molecule is COc1ccc(-c2cc(C(F)F)n3ncc(C(=O)NCCCN4CCOCC4)c3n2)cc1. The largest absolute Gasteiger partial charge is 0.497 e. The summed E-state index contributed by atoms with van der Waals surface area (Å²) in [6, 6.07) is 8.20. The molecule has 3 aromatic rings. The summed E-state index contributed by atoms with van der Waals surface area (Å²) in [4.78, 5) is 19.5. The molecule has 1 fully saturated rings. The van der Waals surface area contributed by atoms with Gasteiger partial charge in [-0.15, -0.1) is 0 Å². The van der Waals surface area contributed by atoms with Gasteiger partial charge in [0.15, 0.2) is 5.65 Å². The van der Waals surface area contributed by atoms with E-state index in [9.17, 15) is 13.6 Å². The Bertz CT molecular complexity index is 1070. The summed E-state index contributed by atoms with van der Waals surface area (Å²) in [5.41, 5.74) is 0.894. The Balaban J connectivity index is 1.53. The number of nitrogens with one attached hydrogen (secondary N) is 1. The van der Waals surface area contributed by atoms with Gasteiger partial charge in [-0.1, -0.05) is 0 Å². The summed E-state index contributed by atoms with van der Waals surface area (Å²) in [7, 11) is 1.55. The van der Waals surface area contributed by atoms with Gasteiger partial charge in [-0.25, -0.2) is 18.3 Å². The van der Waals surface area contributed by atoms with E-state index in [2.05, 4.69) is 20.3 Å². The Labute approximate surface area is 184 Å². The second kappa shape index (κ2) is 10.0. The van der Waals surface area contributed by atoms with Gasteiger partial charge in [0, 0.05) is 25.2 Å². The van der Waals surface area contributed by atoms with Gasteiger partial charge in [0.25, 0.3) is 12.3 Å². The van der Waals surface area contributed by atoms with Crippen LogP contribution in [0.15, 0.2) is 36.5 Å². The minimum Gasteiger partial charge on any atom is -0.497 e. The first kappa shape index (κ1) is 22.1. The number of aromatic nitrogens is 3. The zero-order valence-electron chi connectivity index (χ0n) is 17.8. The number of amides is 1. The molecule has 1 amide bonds. The van der Waals surface area contributed by atoms with Gasteiger partial charge in [-0.05, 0) is 43.3 Å². The van der Waals surface area contributed by atoms with Crippen LogP contribution in [0.5, 0.6) is 5.75 Å². The minimum atomic E-state index is -2.78. The fourth-order valence-electron chi connectivity index (χ4n) is 3.64. The van der Waals surface area contributed by atoms with Crippen molar-refractivity contribution in [1.82, 2.24) is 24.8 Å². The van der Waals surface area contributed by atoms with Crippen LogP contribution in [0.3, 0.4) is 0 Å². The molecule has 1 N–H and O–H groups in total. The molecule has 0 radical (unpaired) electrons. The molecule has 0 atom stereocenters. The number of hydrogen-bond acceptors (Lipinski definition) is 6. The van der Waals surface area contributed by atoms with E-state index in [-0.39, 0.29) is 22.8 Å². The fourth-order valence-corrected chi connectivity index (χ4v) is 3.64. The minimum absolute atomic E-state index is 0.0966. The molecule has 0 bridgehead atoms. The Kier molecular flexibility index (Phi) is 6.91. The van der Waals surface area contributed by atoms with E-state index >= 15 is 0 Å². The number of alkyl halides is 2. The summed E-state index contributed by atoms with van der Waals surface area (Å²) < 4.78 is 38.9. The lowest BCUT2D eigenvalue weighted by Gasteiger charge is -2.26. The summed E-state index contributed by atoms with van der Waals surface area (Å²) in [5.74, 6) is 0.256. The molecular formula is C22H25F2N5O3. The molecule has 1 aromatic carbocycles. The number of rotatable bonds is 8. The predicted molar refractivity (Wildman–Crippen MR) is 114 cm³/mol. The molecule has 1 aliphatic heterocycles. The summed E-state index contributed by atoms with van der Waals surface area (Å²) in [6.45, 7) is 4.54. The molecule has 10 heteroatoms. The van der Waals surface area contributed by atoms with Crippen LogP contribution in [0, 0.1) is 0 Å². The van der Waals surface area contributed by atoms with Crippen molar-refractivity contribution < 1.29 is 23.0 Å². The zero-order valence-corrected chi connectivity index (χ0v) is 17.8. The van der Waals surface area contributed by atoms with Crippen molar-refractivity contribution in [2.24, 2.45) is 0 Å². The first-order chi connectivity index (χ1) is 15.6. The van der Waals surface area contributed by atoms with Crippen LogP contribution in [0.4, 0.5) is 8.78 Å². The normalized spacial score (nSPS) is 14.8. The number of morpholine rings is 1. The van der Waals surface area contributed by atoms with Crippen LogP contribution in [0.25, 0.3) is 16.9 Å². The number of methoxy groups -OCH3 is 1. The van der Waals surface area contributed by atoms with Crippen molar-refractivity contribution in [2.45, 2.75) is 12.8 Å². The number of carbonyl (C=O) groups excluding carboxylic acids is 1. The van der Waals surface area contributed by atoms with E-state index in [1.54, 1.807) is 31.4 Å². The molecule has 32 heavy (non-hydrogen) atoms. The van der Waals surface area contributed by atoms with Gasteiger partial charge in [0.1, 0.15) is 17.0 Å². The smallest absolute Gasteiger partial charge is 0.280 e. The number of nitrogens with zero attached hydrogens (tertiary/aromatic N) is 4. The van der Waals surface area contributed by atoms with Crippen LogP contribution in [-0.4, -0.2) is 71.9 Å². The van der Waals surface area contributed by atoms with Crippen molar-refractivity contribution in [1.29, 1.82) is 0 Å². The Morgan fingerprint density at radius 3 is 2.69 bits per heavy atom. The molecule has 1 aliphatic rings. The number of hydrogen-bond donors (Lipinski definition) is 1. The van der Waals surface area contributed by atoms with Crippen LogP contribution in [-0.2, 0) is 4.74 Å². The molecule has 170 valence electrons. The maximum atomic E-state index is 13.7. The van der Waals surface area contributed by atoms with Crippen molar-refractivity contribution in [2.75, 3.05) is 46.5 Å². The fraction of sp³-hybridized carbons (Fsp3) is 0.409. The van der Waals surface area contributed by atoms with Gasteiger partial charge in [-0.2, -0.15) is 5.10 Å². The molecular weight excluding hydrogens is 420 g/mol. The molecule has 0 aliphatic carbocycles. The predicted octanol–water partition coefficient (Wildman–Crippen LogP) is 2.79. The third-order valence-electron chi connectivity index (χ3n) is 5.39. The van der Waals surface area contributed by atoms with Gasteiger partial charge in [0.05, 0.1) is 32.2 Å². The number of ether oxygens (including phenoxy) is 2. The van der Waals surface area contributed by atoms with E-state index in [1.165, 1.54) is 12.3 Å². The second-order valence-corrected chi connectivity index (χ2v) is 7.45. The Morgan fingerprint density at radius 1 is 1.25 bits per heavy atom. The van der Waals surface area contributed by atoms with Crippen molar-refractivity contribution in [3.63, 3.8) is 0 Å². The van der Waals surface area contributed by atoms with E-state index in [4.69, 9.17) is 9.47 Å². The van der Waals surface area contributed by atoms with Gasteiger partial charge in [-0.3, -0.25) is 9.69 Å². The van der Waals surface area contributed by atoms with Gasteiger partial charge in [0.2, 0.25) is 0 Å². The zero-order chi connectivity index (χ0) is 22.5. The van der Waals surface area contributed by atoms with Crippen molar-refractivity contribution in [3.8, 4) is 17.0 Å². The highest BCUT2D eigenvalue weighted by Gasteiger charge is 2.21. The molecule has 0 spiro atoms. The van der Waals surface area contributed by atoms with E-state index < -0.39 is 6.43 Å². The highest BCUT2D eigenvalue weighted by Crippen LogP contribution is 2.27. The number of fused-ring (bicyclic) bond motifs is 1. The lowest BCUT2D eigenvalue weighted by molar-refractivity contribution is 0.0374. The molecule has 1 saturated heterocycles. The number of carbonyl (C=O) groups is 1. The highest BCUT2D eigenvalue weighted by molar-refractivity contribution is 5.99. The van der Waals surface area contributed by atoms with Crippen LogP contribution in [0.2, 0.25) is 0 Å². The highest BCUT2D eigenvalue weighted by atomic mass is 19.3. The Morgan fingerprint density at radius 2 is 2.00 bits per heavy atom. The Hall–Kier alpha value is -3.11. The molecule has 8 nitrogen and oxygen atoms in total. The second-order valence-electron chi connectivity index (χ2n) is 7.45. The third kappa shape index (κ3) is 4.86. The molecule has 0 unspecified atom stereocenters. The summed E-state index contributed by atoms with van der Waals surface area (Å²) in [6.07, 6.45) is -0.719. The van der Waals surface area contributed by atoms with Crippen LogP contribution >= 0.6 is 0 Å². The molecule has 3 heterocycles. The topological polar surface area (TPSA) is 81.0 Å². The lowest BCUT2D eigenvalue weighted by atomic mass is 10.1. The average molecular weight is 445 g/mol. The van der Waals surface area contributed by atoms with Crippen molar-refractivity contribution in [3.05, 3.63) is 47.8 Å². The third-order valence-corrected chi connectivity index (χ3v) is 5.39. The van der Waals surface area contributed by atoms with E-state index in [0.717, 1.165) is 43.8 Å². The molecule has 4 rings (SSSR count). The average Bonchev–Trinajstić information content (AvgIpc) is 3.26. The first-order valence-electron chi connectivity index (χ1n) is 10.5. The lowest BCUT2D eigenvalue weighted by Crippen LogP contribution is -2.38. The molecule has 0 saturated carbocycles. The van der Waals surface area contributed by atoms with Crippen LogP contribution < -0.4 is 10.1 Å². The first-order valence-corrected chi connectivity index (χ1v) is 10.5. The number of benzene rings is 1. The quantitative estimate of drug-likeness (QED) is 0.537. The molecule has 2 aromatic heterocycles. The summed E-state index contributed by atoms with van der Waals surface area (Å²) in [5, 5.41) is 6.84. The van der Waals surface area contributed by atoms with Crippen LogP contribution in [0.1, 0.15) is 28.9 Å². The van der Waals surface area contributed by atoms with E-state index in [1.807, 2.05) is 0 Å². The summed E-state index contributed by atoms with van der Waals surface area (Å²) >= 11 is 0. The maximum absolute atomic E-state index is 13.7. The van der Waals surface area contributed by atoms with Gasteiger partial charge < -0.3 is 14.8 Å². The maximum Gasteiger partial charge on any atom is 0.280 e.